The molecule has 0 radical (unpaired) electrons. The third-order valence-corrected chi connectivity index (χ3v) is 10.2. The average Bonchev–Trinajstić information content (AvgIpc) is 3.30. The van der Waals surface area contributed by atoms with Crippen LogP contribution >= 0.6 is 0 Å². The molecular weight excluding hydrogens is 881 g/mol. The molecular formula is C48H94N8O12. The van der Waals surface area contributed by atoms with Gasteiger partial charge in [-0.3, -0.25) is 19.4 Å². The minimum Gasteiger partial charge on any atom is -0.466 e. The third-order valence-electron chi connectivity index (χ3n) is 10.2. The quantitative estimate of drug-likeness (QED) is 0.0238. The van der Waals surface area contributed by atoms with Gasteiger partial charge in [0.15, 0.2) is 0 Å². The molecule has 0 aliphatic carbocycles. The van der Waals surface area contributed by atoms with Crippen molar-refractivity contribution in [1.82, 2.24) is 41.7 Å². The van der Waals surface area contributed by atoms with Gasteiger partial charge in [-0.15, -0.1) is 0 Å². The molecule has 68 heavy (non-hydrogen) atoms. The van der Waals surface area contributed by atoms with Crippen molar-refractivity contribution in [2.75, 3.05) is 118 Å². The van der Waals surface area contributed by atoms with Gasteiger partial charge in [-0.25, -0.2) is 19.2 Å². The summed E-state index contributed by atoms with van der Waals surface area (Å²) in [6.07, 6.45) is 12.0. The van der Waals surface area contributed by atoms with Crippen molar-refractivity contribution >= 4 is 36.2 Å². The molecule has 0 aliphatic heterocycles. The van der Waals surface area contributed by atoms with Crippen molar-refractivity contribution < 1.29 is 57.2 Å². The number of amides is 6. The van der Waals surface area contributed by atoms with Gasteiger partial charge in [-0.2, -0.15) is 0 Å². The topological polar surface area (TPSA) is 236 Å². The molecule has 0 saturated heterocycles. The number of ether oxygens (including phenoxy) is 6. The summed E-state index contributed by atoms with van der Waals surface area (Å²) in [4.78, 5) is 76.4. The Balaban J connectivity index is 3.74. The number of hydrogen-bond acceptors (Lipinski definition) is 14. The van der Waals surface area contributed by atoms with Gasteiger partial charge in [0.25, 0.3) is 0 Å². The molecule has 0 aromatic carbocycles. The molecule has 0 aromatic heterocycles. The number of urea groups is 2. The zero-order valence-electron chi connectivity index (χ0n) is 43.0. The van der Waals surface area contributed by atoms with Gasteiger partial charge in [0.1, 0.15) is 13.2 Å². The summed E-state index contributed by atoms with van der Waals surface area (Å²) >= 11 is 0. The highest BCUT2D eigenvalue weighted by Crippen LogP contribution is 2.03. The Morgan fingerprint density at radius 2 is 0.662 bits per heavy atom. The molecule has 20 heteroatoms. The van der Waals surface area contributed by atoms with Crippen LogP contribution in [0, 0.1) is 0 Å². The fourth-order valence-electron chi connectivity index (χ4n) is 6.34. The van der Waals surface area contributed by atoms with Crippen LogP contribution in [0.5, 0.6) is 0 Å². The van der Waals surface area contributed by atoms with E-state index < -0.39 is 12.2 Å². The van der Waals surface area contributed by atoms with E-state index in [1.807, 2.05) is 51.3 Å². The first-order chi connectivity index (χ1) is 32.9. The Hall–Kier alpha value is -4.14. The second kappa shape index (κ2) is 46.6. The predicted molar refractivity (Wildman–Crippen MR) is 264 cm³/mol. The van der Waals surface area contributed by atoms with Crippen molar-refractivity contribution in [1.29, 1.82) is 0 Å². The molecule has 0 saturated carbocycles. The number of carbonyl (C=O) groups excluding carboxylic acids is 6. The smallest absolute Gasteiger partial charge is 0.407 e. The van der Waals surface area contributed by atoms with Crippen LogP contribution in [0.4, 0.5) is 19.2 Å². The SMILES string of the molecule is CCCOC(=O)CCN(CCOC(=O)NCCCCCCNC(=O)NCCCCCCNC(=O)NCCCCCCNC(=O)OCCN(CCOC(C)C)CCC(=O)OCCC)CCOC(C)C. The number of hydrogen-bond donors (Lipinski definition) is 6. The Morgan fingerprint density at radius 3 is 0.956 bits per heavy atom. The van der Waals surface area contributed by atoms with Gasteiger partial charge >= 0.3 is 36.2 Å². The van der Waals surface area contributed by atoms with Gasteiger partial charge in [0, 0.05) is 78.5 Å². The van der Waals surface area contributed by atoms with E-state index in [1.54, 1.807) is 0 Å². The normalized spacial score (nSPS) is 11.1. The molecule has 0 heterocycles. The average molecular weight is 975 g/mol. The largest absolute Gasteiger partial charge is 0.466 e. The number of rotatable bonds is 45. The van der Waals surface area contributed by atoms with Crippen molar-refractivity contribution in [2.24, 2.45) is 0 Å². The molecule has 0 spiro atoms. The number of unbranched alkanes of at least 4 members (excludes halogenated alkanes) is 9. The summed E-state index contributed by atoms with van der Waals surface area (Å²) in [6, 6.07) is -0.350. The van der Waals surface area contributed by atoms with Crippen LogP contribution in [0.25, 0.3) is 0 Å². The maximum Gasteiger partial charge on any atom is 0.407 e. The van der Waals surface area contributed by atoms with E-state index in [0.29, 0.717) is 105 Å². The van der Waals surface area contributed by atoms with Gasteiger partial charge in [0.2, 0.25) is 0 Å². The lowest BCUT2D eigenvalue weighted by Gasteiger charge is -2.22. The molecule has 0 rings (SSSR count). The molecule has 0 aromatic rings. The summed E-state index contributed by atoms with van der Waals surface area (Å²) < 4.78 is 32.3. The van der Waals surface area contributed by atoms with Crippen LogP contribution in [0.15, 0.2) is 0 Å². The van der Waals surface area contributed by atoms with Gasteiger partial charge in [-0.05, 0) is 79.1 Å². The van der Waals surface area contributed by atoms with Crippen LogP contribution < -0.4 is 31.9 Å². The maximum atomic E-state index is 12.1. The Labute approximate surface area is 408 Å². The number of esters is 2. The standard InChI is InChI=1S/C48H94N8O12/c1-7-35-65-43(57)21-29-55(31-37-63-41(3)4)33-39-67-47(61)53-27-19-13-11-17-25-51-45(59)49-23-15-9-10-16-24-50-46(60)52-26-18-12-14-20-28-54-48(62)68-40-34-56(32-38-64-42(5)6)30-22-44(58)66-36-8-2/h41-42H,7-40H2,1-6H3,(H,53,61)(H,54,62)(H2,49,51,59)(H2,50,52,60). The molecule has 20 nitrogen and oxygen atoms in total. The Bertz CT molecular complexity index is 1190. The molecule has 0 fully saturated rings. The minimum absolute atomic E-state index is 0.113. The van der Waals surface area contributed by atoms with Crippen LogP contribution in [0.2, 0.25) is 0 Å². The first-order valence-electron chi connectivity index (χ1n) is 25.7. The van der Waals surface area contributed by atoms with E-state index in [2.05, 4.69) is 31.9 Å². The Kier molecular flexibility index (Phi) is 43.7. The lowest BCUT2D eigenvalue weighted by molar-refractivity contribution is -0.145. The van der Waals surface area contributed by atoms with Crippen LogP contribution in [0.3, 0.4) is 0 Å². The monoisotopic (exact) mass is 975 g/mol. The molecule has 6 N–H and O–H groups in total. The lowest BCUT2D eigenvalue weighted by atomic mass is 10.2. The van der Waals surface area contributed by atoms with E-state index >= 15 is 0 Å². The fraction of sp³-hybridized carbons (Fsp3) is 0.875. The number of carbonyl (C=O) groups is 6. The van der Waals surface area contributed by atoms with Gasteiger partial charge in [0.05, 0.1) is 51.5 Å². The molecule has 0 bridgehead atoms. The third kappa shape index (κ3) is 45.6. The molecule has 0 atom stereocenters. The van der Waals surface area contributed by atoms with Crippen molar-refractivity contribution in [3.63, 3.8) is 0 Å². The minimum atomic E-state index is -0.463. The van der Waals surface area contributed by atoms with Crippen molar-refractivity contribution in [3.8, 4) is 0 Å². The van der Waals surface area contributed by atoms with E-state index in [0.717, 1.165) is 89.9 Å². The second-order valence-electron chi connectivity index (χ2n) is 17.2. The van der Waals surface area contributed by atoms with Crippen LogP contribution in [-0.4, -0.2) is 176 Å². The predicted octanol–water partition coefficient (Wildman–Crippen LogP) is 5.86. The number of nitrogens with one attached hydrogen (secondary N) is 6. The van der Waals surface area contributed by atoms with E-state index in [1.165, 1.54) is 0 Å². The van der Waals surface area contributed by atoms with E-state index in [9.17, 15) is 28.8 Å². The molecule has 398 valence electrons. The van der Waals surface area contributed by atoms with E-state index in [4.69, 9.17) is 28.4 Å². The summed E-state index contributed by atoms with van der Waals surface area (Å²) in [6.45, 7) is 20.7. The van der Waals surface area contributed by atoms with Crippen LogP contribution in [0.1, 0.15) is 144 Å². The summed E-state index contributed by atoms with van der Waals surface area (Å²) in [7, 11) is 0. The molecule has 6 amide bonds. The highest BCUT2D eigenvalue weighted by Gasteiger charge is 2.13. The second-order valence-corrected chi connectivity index (χ2v) is 17.2. The highest BCUT2D eigenvalue weighted by molar-refractivity contribution is 5.74. The zero-order valence-corrected chi connectivity index (χ0v) is 43.0. The highest BCUT2D eigenvalue weighted by atomic mass is 16.6. The zero-order chi connectivity index (χ0) is 50.3. The van der Waals surface area contributed by atoms with Gasteiger partial charge in [-0.1, -0.05) is 52.4 Å². The van der Waals surface area contributed by atoms with E-state index in [-0.39, 0.29) is 62.3 Å². The molecule has 0 aliphatic rings. The van der Waals surface area contributed by atoms with Crippen LogP contribution in [-0.2, 0) is 38.0 Å². The maximum absolute atomic E-state index is 12.1. The fourth-order valence-corrected chi connectivity index (χ4v) is 6.34. The van der Waals surface area contributed by atoms with Crippen molar-refractivity contribution in [2.45, 2.75) is 156 Å². The van der Waals surface area contributed by atoms with Crippen molar-refractivity contribution in [3.05, 3.63) is 0 Å². The Morgan fingerprint density at radius 1 is 0.368 bits per heavy atom. The first-order valence-corrected chi connectivity index (χ1v) is 25.7. The summed E-state index contributed by atoms with van der Waals surface area (Å²) in [5.74, 6) is -0.469. The van der Waals surface area contributed by atoms with Gasteiger partial charge < -0.3 is 60.3 Å². The first kappa shape index (κ1) is 63.9. The number of nitrogens with zero attached hydrogens (tertiary/aromatic N) is 2. The molecule has 0 unspecified atom stereocenters. The summed E-state index contributed by atoms with van der Waals surface area (Å²) in [5.41, 5.74) is 0. The summed E-state index contributed by atoms with van der Waals surface area (Å²) in [5, 5.41) is 17.1. The number of alkyl carbamates (subject to hydrolysis) is 2. The lowest BCUT2D eigenvalue weighted by Crippen LogP contribution is -2.36.